The van der Waals surface area contributed by atoms with E-state index in [1.807, 2.05) is 24.3 Å². The molecule has 0 fully saturated rings. The van der Waals surface area contributed by atoms with E-state index in [1.165, 1.54) is 10.9 Å². The number of hydrogen-bond donors (Lipinski definition) is 3. The minimum absolute atomic E-state index is 0.0711. The van der Waals surface area contributed by atoms with Gasteiger partial charge < -0.3 is 25.2 Å². The number of aromatic nitrogens is 4. The molecule has 1 unspecified atom stereocenters. The van der Waals surface area contributed by atoms with E-state index in [0.717, 1.165) is 5.39 Å². The zero-order valence-electron chi connectivity index (χ0n) is 24.6. The number of carbonyl (C=O) groups excluding carboxylic acids is 1. The third-order valence-electron chi connectivity index (χ3n) is 7.35. The first kappa shape index (κ1) is 30.0. The van der Waals surface area contributed by atoms with Crippen LogP contribution in [0.2, 0.25) is 0 Å². The number of fused-ring (bicyclic) bond motifs is 1. The summed E-state index contributed by atoms with van der Waals surface area (Å²) in [7, 11) is 3.16. The summed E-state index contributed by atoms with van der Waals surface area (Å²) < 4.78 is 14.3. The van der Waals surface area contributed by atoms with E-state index >= 15 is 0 Å². The molecule has 0 radical (unpaired) electrons. The van der Waals surface area contributed by atoms with Gasteiger partial charge in [0.25, 0.3) is 11.5 Å². The van der Waals surface area contributed by atoms with Gasteiger partial charge in [0.05, 0.1) is 30.2 Å². The molecule has 44 heavy (non-hydrogen) atoms. The lowest BCUT2D eigenvalue weighted by atomic mass is 10.0. The SMILES string of the molecule is CN[C@@H](C(=O)O)C(C)Cn1c(C)c(C(=O)Nc2ccc(Oc3ccnc4cc(OC)ccc34)cn2)c(=O)n1-c1ccccc1. The van der Waals surface area contributed by atoms with Crippen molar-refractivity contribution < 1.29 is 24.2 Å². The maximum atomic E-state index is 13.7. The molecular formula is C32H32N6O6. The standard InChI is InChI=1S/C32H32N6O6/c1-19(29(33-3)32(41)42)18-37-20(2)28(31(40)38(37)21-8-6-5-7-9-21)30(39)36-27-13-11-23(17-35-27)44-26-14-15-34-25-16-22(43-4)10-12-24(25)26/h5-17,19,29,33H,18H2,1-4H3,(H,41,42)(H,35,36,39)/t19?,29-/m1/s1. The van der Waals surface area contributed by atoms with Crippen LogP contribution in [0.15, 0.2) is 83.9 Å². The summed E-state index contributed by atoms with van der Waals surface area (Å²) >= 11 is 0. The Labute approximate surface area is 252 Å². The predicted octanol–water partition coefficient (Wildman–Crippen LogP) is 4.25. The average molecular weight is 597 g/mol. The molecule has 0 aliphatic carbocycles. The van der Waals surface area contributed by atoms with Gasteiger partial charge in [-0.25, -0.2) is 9.67 Å². The lowest BCUT2D eigenvalue weighted by Gasteiger charge is -2.23. The van der Waals surface area contributed by atoms with E-state index in [9.17, 15) is 19.5 Å². The van der Waals surface area contributed by atoms with Crippen molar-refractivity contribution in [2.24, 2.45) is 5.92 Å². The largest absolute Gasteiger partial charge is 0.497 e. The van der Waals surface area contributed by atoms with Gasteiger partial charge in [-0.15, -0.1) is 0 Å². The number of methoxy groups -OCH3 is 1. The van der Waals surface area contributed by atoms with Crippen molar-refractivity contribution in [2.75, 3.05) is 19.5 Å². The molecule has 0 aliphatic heterocycles. The highest BCUT2D eigenvalue weighted by Crippen LogP contribution is 2.31. The van der Waals surface area contributed by atoms with E-state index in [0.29, 0.717) is 34.1 Å². The van der Waals surface area contributed by atoms with Crippen LogP contribution in [-0.2, 0) is 11.3 Å². The molecule has 0 aliphatic rings. The number of anilines is 1. The molecule has 2 atom stereocenters. The van der Waals surface area contributed by atoms with Crippen molar-refractivity contribution >= 4 is 28.6 Å². The third-order valence-corrected chi connectivity index (χ3v) is 7.35. The van der Waals surface area contributed by atoms with Crippen LogP contribution in [0.3, 0.4) is 0 Å². The van der Waals surface area contributed by atoms with Gasteiger partial charge in [0.15, 0.2) is 0 Å². The van der Waals surface area contributed by atoms with Gasteiger partial charge in [-0.2, -0.15) is 0 Å². The molecule has 226 valence electrons. The molecule has 3 aromatic heterocycles. The highest BCUT2D eigenvalue weighted by molar-refractivity contribution is 6.04. The lowest BCUT2D eigenvalue weighted by Crippen LogP contribution is -2.42. The summed E-state index contributed by atoms with van der Waals surface area (Å²) in [5.74, 6) is -0.142. The molecule has 0 bridgehead atoms. The minimum atomic E-state index is -1.01. The molecule has 5 rings (SSSR count). The molecule has 0 saturated carbocycles. The highest BCUT2D eigenvalue weighted by Gasteiger charge is 2.28. The Balaban J connectivity index is 1.40. The van der Waals surface area contributed by atoms with Gasteiger partial charge in [0.1, 0.15) is 34.7 Å². The van der Waals surface area contributed by atoms with E-state index < -0.39 is 29.4 Å². The number of carbonyl (C=O) groups is 2. The summed E-state index contributed by atoms with van der Waals surface area (Å²) in [5, 5.41) is 15.9. The Morgan fingerprint density at radius 2 is 1.77 bits per heavy atom. The molecule has 3 heterocycles. The molecule has 1 amide bonds. The maximum absolute atomic E-state index is 13.7. The fraction of sp³-hybridized carbons (Fsp3) is 0.219. The number of carboxylic acids is 1. The van der Waals surface area contributed by atoms with Crippen LogP contribution in [0.5, 0.6) is 17.2 Å². The maximum Gasteiger partial charge on any atom is 0.321 e. The number of para-hydroxylation sites is 1. The van der Waals surface area contributed by atoms with Crippen LogP contribution in [0.25, 0.3) is 16.6 Å². The van der Waals surface area contributed by atoms with Gasteiger partial charge in [0.2, 0.25) is 0 Å². The van der Waals surface area contributed by atoms with Crippen LogP contribution < -0.4 is 25.7 Å². The fourth-order valence-corrected chi connectivity index (χ4v) is 5.12. The lowest BCUT2D eigenvalue weighted by molar-refractivity contribution is -0.140. The summed E-state index contributed by atoms with van der Waals surface area (Å²) in [4.78, 5) is 47.6. The van der Waals surface area contributed by atoms with Crippen molar-refractivity contribution in [1.29, 1.82) is 0 Å². The van der Waals surface area contributed by atoms with Crippen LogP contribution >= 0.6 is 0 Å². The number of nitrogens with one attached hydrogen (secondary N) is 2. The van der Waals surface area contributed by atoms with Crippen LogP contribution in [-0.4, -0.2) is 56.5 Å². The number of benzene rings is 2. The number of aliphatic carboxylic acids is 1. The van der Waals surface area contributed by atoms with Crippen molar-refractivity contribution in [1.82, 2.24) is 24.6 Å². The van der Waals surface area contributed by atoms with E-state index in [2.05, 4.69) is 20.6 Å². The summed E-state index contributed by atoms with van der Waals surface area (Å²) in [6, 6.07) is 18.5. The summed E-state index contributed by atoms with van der Waals surface area (Å²) in [6.45, 7) is 3.60. The quantitative estimate of drug-likeness (QED) is 0.203. The number of ether oxygens (including phenoxy) is 2. The number of likely N-dealkylation sites (N-methyl/N-ethyl adjacent to an activating group) is 1. The Kier molecular flexibility index (Phi) is 8.72. The van der Waals surface area contributed by atoms with Crippen LogP contribution in [0, 0.1) is 12.8 Å². The average Bonchev–Trinajstić information content (AvgIpc) is 3.26. The highest BCUT2D eigenvalue weighted by atomic mass is 16.5. The molecule has 12 heteroatoms. The monoisotopic (exact) mass is 596 g/mol. The Bertz CT molecular complexity index is 1870. The van der Waals surface area contributed by atoms with Crippen LogP contribution in [0.1, 0.15) is 23.0 Å². The van der Waals surface area contributed by atoms with E-state index in [1.54, 1.807) is 81.3 Å². The topological polar surface area (TPSA) is 150 Å². The Hall–Kier alpha value is -5.49. The second-order valence-electron chi connectivity index (χ2n) is 10.2. The number of hydrogen-bond acceptors (Lipinski definition) is 8. The van der Waals surface area contributed by atoms with Crippen molar-refractivity contribution in [3.05, 3.63) is 101 Å². The van der Waals surface area contributed by atoms with Crippen LogP contribution in [0.4, 0.5) is 5.82 Å². The van der Waals surface area contributed by atoms with Gasteiger partial charge in [0, 0.05) is 30.1 Å². The number of rotatable bonds is 11. The molecule has 5 aromatic rings. The number of pyridine rings is 2. The van der Waals surface area contributed by atoms with E-state index in [4.69, 9.17) is 9.47 Å². The number of nitrogens with zero attached hydrogens (tertiary/aromatic N) is 4. The zero-order chi connectivity index (χ0) is 31.4. The van der Waals surface area contributed by atoms with E-state index in [-0.39, 0.29) is 17.9 Å². The normalized spacial score (nSPS) is 12.5. The van der Waals surface area contributed by atoms with Gasteiger partial charge in [-0.05, 0) is 56.4 Å². The van der Waals surface area contributed by atoms with Gasteiger partial charge in [-0.3, -0.25) is 24.0 Å². The minimum Gasteiger partial charge on any atom is -0.497 e. The first-order valence-corrected chi connectivity index (χ1v) is 13.9. The molecule has 12 nitrogen and oxygen atoms in total. The summed E-state index contributed by atoms with van der Waals surface area (Å²) in [6.07, 6.45) is 3.11. The second kappa shape index (κ2) is 12.8. The second-order valence-corrected chi connectivity index (χ2v) is 10.2. The predicted molar refractivity (Wildman–Crippen MR) is 165 cm³/mol. The van der Waals surface area contributed by atoms with Gasteiger partial charge in [-0.1, -0.05) is 25.1 Å². The molecule has 3 N–H and O–H groups in total. The van der Waals surface area contributed by atoms with Gasteiger partial charge >= 0.3 is 5.97 Å². The van der Waals surface area contributed by atoms with Crippen molar-refractivity contribution in [3.8, 4) is 22.9 Å². The fourth-order valence-electron chi connectivity index (χ4n) is 5.12. The van der Waals surface area contributed by atoms with Crippen molar-refractivity contribution in [2.45, 2.75) is 26.4 Å². The molecule has 0 saturated heterocycles. The zero-order valence-corrected chi connectivity index (χ0v) is 24.6. The summed E-state index contributed by atoms with van der Waals surface area (Å²) in [5.41, 5.74) is 1.05. The number of carboxylic acid groups (broad SMARTS) is 1. The van der Waals surface area contributed by atoms with Crippen molar-refractivity contribution in [3.63, 3.8) is 0 Å². The third kappa shape index (κ3) is 6.01. The first-order valence-electron chi connectivity index (χ1n) is 13.9. The molecular weight excluding hydrogens is 564 g/mol. The Morgan fingerprint density at radius 3 is 2.43 bits per heavy atom. The molecule has 0 spiro atoms. The smallest absolute Gasteiger partial charge is 0.321 e. The Morgan fingerprint density at radius 1 is 1.02 bits per heavy atom. The number of amides is 1. The first-order chi connectivity index (χ1) is 21.2. The molecule has 2 aromatic carbocycles.